The van der Waals surface area contributed by atoms with Crippen LogP contribution in [0, 0.1) is 0 Å². The van der Waals surface area contributed by atoms with Gasteiger partial charge in [-0.05, 0) is 46.1 Å². The van der Waals surface area contributed by atoms with Crippen LogP contribution in [0.3, 0.4) is 0 Å². The summed E-state index contributed by atoms with van der Waals surface area (Å²) in [7, 11) is -3.13. The average molecular weight is 382 g/mol. The molecule has 7 heteroatoms. The van der Waals surface area contributed by atoms with Gasteiger partial charge < -0.3 is 5.32 Å². The molecule has 0 bridgehead atoms. The first-order valence-electron chi connectivity index (χ1n) is 6.98. The molecule has 1 fully saturated rings. The second-order valence-corrected chi connectivity index (χ2v) is 8.09. The van der Waals surface area contributed by atoms with Crippen molar-refractivity contribution < 1.29 is 8.42 Å². The summed E-state index contributed by atoms with van der Waals surface area (Å²) in [5.41, 5.74) is 2.68. The van der Waals surface area contributed by atoms with E-state index in [1.54, 1.807) is 12.4 Å². The molecule has 1 aliphatic heterocycles. The number of nitrogens with one attached hydrogen (secondary N) is 1. The molecule has 0 unspecified atom stereocenters. The molecule has 1 aromatic heterocycles. The first-order chi connectivity index (χ1) is 10.5. The van der Waals surface area contributed by atoms with E-state index < -0.39 is 10.0 Å². The van der Waals surface area contributed by atoms with E-state index in [0.717, 1.165) is 21.4 Å². The molecule has 1 N–H and O–H groups in total. The number of rotatable bonds is 4. The Morgan fingerprint density at radius 1 is 1.27 bits per heavy atom. The lowest BCUT2D eigenvalue weighted by Gasteiger charge is -2.18. The van der Waals surface area contributed by atoms with E-state index in [-0.39, 0.29) is 5.75 Å². The normalized spacial score (nSPS) is 16.7. The van der Waals surface area contributed by atoms with Gasteiger partial charge in [-0.3, -0.25) is 9.29 Å². The number of benzene rings is 1. The van der Waals surface area contributed by atoms with Crippen LogP contribution in [0.2, 0.25) is 0 Å². The van der Waals surface area contributed by atoms with Crippen LogP contribution in [0.15, 0.2) is 47.2 Å². The summed E-state index contributed by atoms with van der Waals surface area (Å²) in [4.78, 5) is 4.10. The lowest BCUT2D eigenvalue weighted by molar-refractivity contribution is 0.599. The highest BCUT2D eigenvalue weighted by atomic mass is 79.9. The smallest absolute Gasteiger partial charge is 0.235 e. The van der Waals surface area contributed by atoms with Gasteiger partial charge >= 0.3 is 0 Å². The van der Waals surface area contributed by atoms with E-state index in [9.17, 15) is 8.42 Å². The Hall–Kier alpha value is -1.60. The van der Waals surface area contributed by atoms with Gasteiger partial charge in [0.05, 0.1) is 23.3 Å². The Morgan fingerprint density at radius 3 is 2.86 bits per heavy atom. The van der Waals surface area contributed by atoms with Crippen LogP contribution in [-0.2, 0) is 16.6 Å². The van der Waals surface area contributed by atoms with E-state index in [4.69, 9.17) is 0 Å². The lowest BCUT2D eigenvalue weighted by atomic mass is 10.2. The third kappa shape index (κ3) is 3.41. The SMILES string of the molecule is O=S1(=O)CCCN1c1cccc(CNc2cncc(Br)c2)c1. The topological polar surface area (TPSA) is 62.3 Å². The minimum atomic E-state index is -3.13. The van der Waals surface area contributed by atoms with Crippen molar-refractivity contribution in [2.24, 2.45) is 0 Å². The summed E-state index contributed by atoms with van der Waals surface area (Å²) in [5, 5.41) is 3.28. The summed E-state index contributed by atoms with van der Waals surface area (Å²) < 4.78 is 26.4. The third-order valence-electron chi connectivity index (χ3n) is 3.50. The summed E-state index contributed by atoms with van der Waals surface area (Å²) in [5.74, 6) is 0.235. The van der Waals surface area contributed by atoms with Gasteiger partial charge in [0.1, 0.15) is 0 Å². The van der Waals surface area contributed by atoms with E-state index in [1.165, 1.54) is 4.31 Å². The number of pyridine rings is 1. The Balaban J connectivity index is 1.74. The molecule has 0 spiro atoms. The van der Waals surface area contributed by atoms with E-state index in [2.05, 4.69) is 26.2 Å². The predicted octanol–water partition coefficient (Wildman–Crippen LogP) is 3.00. The molecular weight excluding hydrogens is 366 g/mol. The number of halogens is 1. The molecule has 3 rings (SSSR count). The van der Waals surface area contributed by atoms with Crippen LogP contribution in [0.1, 0.15) is 12.0 Å². The molecule has 0 atom stereocenters. The van der Waals surface area contributed by atoms with Gasteiger partial charge in [-0.1, -0.05) is 12.1 Å². The van der Waals surface area contributed by atoms with Crippen LogP contribution in [0.5, 0.6) is 0 Å². The monoisotopic (exact) mass is 381 g/mol. The van der Waals surface area contributed by atoms with Crippen molar-refractivity contribution in [3.8, 4) is 0 Å². The zero-order valence-electron chi connectivity index (χ0n) is 11.9. The summed E-state index contributed by atoms with van der Waals surface area (Å²) in [6.07, 6.45) is 4.16. The molecule has 5 nitrogen and oxygen atoms in total. The standard InChI is InChI=1S/C15H16BrN3O2S/c16-13-8-14(11-17-10-13)18-9-12-3-1-4-15(7-12)19-5-2-6-22(19,20)21/h1,3-4,7-8,10-11,18H,2,5-6,9H2. The van der Waals surface area contributed by atoms with Gasteiger partial charge in [0.15, 0.2) is 0 Å². The van der Waals surface area contributed by atoms with Crippen molar-refractivity contribution in [3.63, 3.8) is 0 Å². The number of aromatic nitrogens is 1. The van der Waals surface area contributed by atoms with E-state index in [0.29, 0.717) is 19.5 Å². The summed E-state index contributed by atoms with van der Waals surface area (Å²) in [6.45, 7) is 1.18. The number of nitrogens with zero attached hydrogens (tertiary/aromatic N) is 2. The second-order valence-electron chi connectivity index (χ2n) is 5.16. The maximum Gasteiger partial charge on any atom is 0.235 e. The maximum atomic E-state index is 12.0. The summed E-state index contributed by atoms with van der Waals surface area (Å²) in [6, 6.07) is 9.57. The van der Waals surface area contributed by atoms with Crippen molar-refractivity contribution in [3.05, 3.63) is 52.8 Å². The van der Waals surface area contributed by atoms with E-state index in [1.807, 2.05) is 30.3 Å². The molecule has 0 radical (unpaired) electrons. The first-order valence-corrected chi connectivity index (χ1v) is 9.39. The molecule has 22 heavy (non-hydrogen) atoms. The fraction of sp³-hybridized carbons (Fsp3) is 0.267. The van der Waals surface area contributed by atoms with Gasteiger partial charge in [0.2, 0.25) is 10.0 Å². The average Bonchev–Trinajstić information content (AvgIpc) is 2.85. The third-order valence-corrected chi connectivity index (χ3v) is 5.80. The highest BCUT2D eigenvalue weighted by Crippen LogP contribution is 2.25. The quantitative estimate of drug-likeness (QED) is 0.883. The molecule has 1 aromatic carbocycles. The van der Waals surface area contributed by atoms with Gasteiger partial charge in [0.25, 0.3) is 0 Å². The van der Waals surface area contributed by atoms with Crippen LogP contribution >= 0.6 is 15.9 Å². The molecule has 2 heterocycles. The number of hydrogen-bond donors (Lipinski definition) is 1. The minimum absolute atomic E-state index is 0.235. The molecule has 1 saturated heterocycles. The fourth-order valence-corrected chi connectivity index (χ4v) is 4.38. The molecule has 2 aromatic rings. The largest absolute Gasteiger partial charge is 0.380 e. The molecule has 0 amide bonds. The van der Waals surface area contributed by atoms with Crippen molar-refractivity contribution >= 4 is 37.3 Å². The van der Waals surface area contributed by atoms with Crippen molar-refractivity contribution in [1.29, 1.82) is 0 Å². The van der Waals surface area contributed by atoms with Gasteiger partial charge in [-0.25, -0.2) is 8.42 Å². The van der Waals surface area contributed by atoms with Crippen molar-refractivity contribution in [2.75, 3.05) is 21.9 Å². The first kappa shape index (κ1) is 15.3. The van der Waals surface area contributed by atoms with Gasteiger partial charge in [-0.2, -0.15) is 0 Å². The fourth-order valence-electron chi connectivity index (χ4n) is 2.46. The Kier molecular flexibility index (Phi) is 4.35. The van der Waals surface area contributed by atoms with E-state index >= 15 is 0 Å². The lowest BCUT2D eigenvalue weighted by Crippen LogP contribution is -2.25. The highest BCUT2D eigenvalue weighted by molar-refractivity contribution is 9.10. The molecule has 1 aliphatic rings. The second kappa shape index (κ2) is 6.26. The Labute approximate surface area is 138 Å². The Morgan fingerprint density at radius 2 is 2.14 bits per heavy atom. The zero-order valence-corrected chi connectivity index (χ0v) is 14.3. The van der Waals surface area contributed by atoms with Crippen LogP contribution in [0.25, 0.3) is 0 Å². The zero-order chi connectivity index (χ0) is 15.6. The minimum Gasteiger partial charge on any atom is -0.380 e. The number of sulfonamides is 1. The van der Waals surface area contributed by atoms with Crippen molar-refractivity contribution in [2.45, 2.75) is 13.0 Å². The number of hydrogen-bond acceptors (Lipinski definition) is 4. The number of anilines is 2. The molecular formula is C15H16BrN3O2S. The van der Waals surface area contributed by atoms with Crippen molar-refractivity contribution in [1.82, 2.24) is 4.98 Å². The van der Waals surface area contributed by atoms with Crippen LogP contribution in [-0.4, -0.2) is 25.7 Å². The van der Waals surface area contributed by atoms with Crippen LogP contribution in [0.4, 0.5) is 11.4 Å². The maximum absolute atomic E-state index is 12.0. The molecule has 0 saturated carbocycles. The van der Waals surface area contributed by atoms with Gasteiger partial charge in [-0.15, -0.1) is 0 Å². The van der Waals surface area contributed by atoms with Crippen LogP contribution < -0.4 is 9.62 Å². The molecule has 116 valence electrons. The van der Waals surface area contributed by atoms with Gasteiger partial charge in [0, 0.05) is 23.8 Å². The highest BCUT2D eigenvalue weighted by Gasteiger charge is 2.28. The Bertz CT molecular complexity index is 780. The molecule has 0 aliphatic carbocycles. The summed E-state index contributed by atoms with van der Waals surface area (Å²) >= 11 is 3.38. The predicted molar refractivity (Wildman–Crippen MR) is 91.5 cm³/mol.